The van der Waals surface area contributed by atoms with E-state index in [1.807, 2.05) is 0 Å². The van der Waals surface area contributed by atoms with Crippen LogP contribution in [0.1, 0.15) is 23.2 Å². The molecule has 10 nitrogen and oxygen atoms in total. The number of alkyl halides is 3. The van der Waals surface area contributed by atoms with E-state index in [0.29, 0.717) is 12.5 Å². The van der Waals surface area contributed by atoms with Gasteiger partial charge in [0.1, 0.15) is 10.6 Å². The van der Waals surface area contributed by atoms with E-state index in [2.05, 4.69) is 25.4 Å². The van der Waals surface area contributed by atoms with Crippen LogP contribution in [0.2, 0.25) is 0 Å². The van der Waals surface area contributed by atoms with Crippen LogP contribution in [0.3, 0.4) is 0 Å². The number of carbonyl (C=O) groups is 2. The van der Waals surface area contributed by atoms with Crippen molar-refractivity contribution in [3.05, 3.63) is 78.4 Å². The van der Waals surface area contributed by atoms with E-state index in [1.165, 1.54) is 66.7 Å². The molecule has 4 rings (SSSR count). The Kier molecular flexibility index (Phi) is 11.6. The number of halogens is 4. The molecule has 1 fully saturated rings. The first-order valence-electron chi connectivity index (χ1n) is 13.0. The average Bonchev–Trinajstić information content (AvgIpc) is 2.96. The third kappa shape index (κ3) is 10.0. The topological polar surface area (TPSA) is 135 Å². The van der Waals surface area contributed by atoms with Gasteiger partial charge in [-0.25, -0.2) is 8.42 Å². The predicted octanol–water partition coefficient (Wildman–Crippen LogP) is 4.45. The van der Waals surface area contributed by atoms with Gasteiger partial charge < -0.3 is 25.4 Å². The molecule has 3 aromatic rings. The highest BCUT2D eigenvalue weighted by Gasteiger charge is 2.32. The minimum absolute atomic E-state index is 0. The molecule has 0 aliphatic carbocycles. The molecule has 0 spiro atoms. The second-order valence-corrected chi connectivity index (χ2v) is 11.1. The maximum Gasteiger partial charge on any atom is 0.573 e. The van der Waals surface area contributed by atoms with Gasteiger partial charge in [0, 0.05) is 12.2 Å². The van der Waals surface area contributed by atoms with Crippen LogP contribution in [0.5, 0.6) is 17.2 Å². The van der Waals surface area contributed by atoms with Crippen molar-refractivity contribution < 1.29 is 40.7 Å². The molecule has 2 amide bonds. The predicted molar refractivity (Wildman–Crippen MR) is 155 cm³/mol. The van der Waals surface area contributed by atoms with Crippen LogP contribution in [0.25, 0.3) is 0 Å². The zero-order valence-corrected chi connectivity index (χ0v) is 24.3. The summed E-state index contributed by atoms with van der Waals surface area (Å²) in [7, 11) is -4.25. The molecule has 1 saturated heterocycles. The lowest BCUT2D eigenvalue weighted by molar-refractivity contribution is -0.275. The first-order valence-corrected chi connectivity index (χ1v) is 14.5. The van der Waals surface area contributed by atoms with Gasteiger partial charge in [0.25, 0.3) is 15.9 Å². The smallest absolute Gasteiger partial charge is 0.453 e. The maximum atomic E-state index is 13.2. The van der Waals surface area contributed by atoms with E-state index >= 15 is 0 Å². The number of hydrogen-bond donors (Lipinski definition) is 4. The zero-order chi connectivity index (χ0) is 30.2. The fraction of sp³-hybridized carbons (Fsp3) is 0.286. The number of rotatable bonds is 11. The molecule has 1 aliphatic rings. The number of carbonyl (C=O) groups excluding carboxylic acids is 2. The summed E-state index contributed by atoms with van der Waals surface area (Å²) < 4.78 is 76.2. The summed E-state index contributed by atoms with van der Waals surface area (Å²) in [5.41, 5.74) is -0.0490. The summed E-state index contributed by atoms with van der Waals surface area (Å²) in [6.07, 6.45) is -3.01. The molecule has 3 aromatic carbocycles. The third-order valence-electron chi connectivity index (χ3n) is 6.29. The Morgan fingerprint density at radius 3 is 2.19 bits per heavy atom. The van der Waals surface area contributed by atoms with Gasteiger partial charge in [-0.3, -0.25) is 14.3 Å². The molecule has 1 heterocycles. The molecule has 43 heavy (non-hydrogen) atoms. The molecule has 0 radical (unpaired) electrons. The monoisotopic (exact) mass is 642 g/mol. The van der Waals surface area contributed by atoms with Crippen LogP contribution < -0.4 is 30.1 Å². The second kappa shape index (κ2) is 14.9. The van der Waals surface area contributed by atoms with Gasteiger partial charge in [-0.1, -0.05) is 24.3 Å². The van der Waals surface area contributed by atoms with E-state index < -0.39 is 28.0 Å². The molecular weight excluding hydrogens is 613 g/mol. The number of piperidine rings is 1. The van der Waals surface area contributed by atoms with Crippen molar-refractivity contribution in [1.82, 2.24) is 16.0 Å². The molecule has 0 unspecified atom stereocenters. The SMILES string of the molecule is Cl.O=C(CNC(=O)c1ccccc1S(=O)(=O)Nc1ccc(Oc2ccccc2OC(F)(F)F)cc1)NCC1CCNCC1. The number of amides is 2. The fourth-order valence-corrected chi connectivity index (χ4v) is 5.49. The number of benzene rings is 3. The van der Waals surface area contributed by atoms with E-state index in [0.717, 1.165) is 32.0 Å². The van der Waals surface area contributed by atoms with E-state index in [1.54, 1.807) is 0 Å². The van der Waals surface area contributed by atoms with Gasteiger partial charge >= 0.3 is 6.36 Å². The highest BCUT2D eigenvalue weighted by molar-refractivity contribution is 7.92. The molecule has 0 saturated carbocycles. The van der Waals surface area contributed by atoms with Crippen LogP contribution in [0, 0.1) is 5.92 Å². The standard InChI is InChI=1S/C28H29F3N4O6S.ClH/c29-28(30,31)41-24-7-3-2-6-23(24)40-21-11-9-20(10-12-21)35-42(38,39)25-8-4-1-5-22(25)27(37)34-18-26(36)33-17-19-13-15-32-16-14-19;/h1-12,19,32,35H,13-18H2,(H,33,36)(H,34,37);1H. The molecular formula is C28H30ClF3N4O6S. The first kappa shape index (κ1) is 33.5. The van der Waals surface area contributed by atoms with Gasteiger partial charge in [0.2, 0.25) is 5.91 Å². The zero-order valence-electron chi connectivity index (χ0n) is 22.6. The number of para-hydroxylation sites is 2. The van der Waals surface area contributed by atoms with Crippen molar-refractivity contribution in [3.8, 4) is 17.2 Å². The fourth-order valence-electron chi connectivity index (χ4n) is 4.22. The van der Waals surface area contributed by atoms with Crippen molar-refractivity contribution in [1.29, 1.82) is 0 Å². The van der Waals surface area contributed by atoms with Gasteiger partial charge in [0.05, 0.1) is 12.1 Å². The average molecular weight is 643 g/mol. The van der Waals surface area contributed by atoms with E-state index in [9.17, 15) is 31.2 Å². The summed E-state index contributed by atoms with van der Waals surface area (Å²) in [4.78, 5) is 24.7. The van der Waals surface area contributed by atoms with Crippen LogP contribution in [0.15, 0.2) is 77.7 Å². The Bertz CT molecular complexity index is 1500. The van der Waals surface area contributed by atoms with Crippen LogP contribution in [-0.2, 0) is 14.8 Å². The number of anilines is 1. The minimum atomic E-state index is -4.91. The molecule has 4 N–H and O–H groups in total. The Morgan fingerprint density at radius 1 is 0.884 bits per heavy atom. The Hall–Kier alpha value is -4.01. The van der Waals surface area contributed by atoms with Gasteiger partial charge in [0.15, 0.2) is 11.5 Å². The van der Waals surface area contributed by atoms with Crippen LogP contribution in [0.4, 0.5) is 18.9 Å². The number of sulfonamides is 1. The van der Waals surface area contributed by atoms with Crippen molar-refractivity contribution in [3.63, 3.8) is 0 Å². The summed E-state index contributed by atoms with van der Waals surface area (Å²) in [5.74, 6) is -1.37. The maximum absolute atomic E-state index is 13.2. The second-order valence-electron chi connectivity index (χ2n) is 9.40. The Balaban J connectivity index is 0.00000506. The van der Waals surface area contributed by atoms with Crippen molar-refractivity contribution in [2.45, 2.75) is 24.1 Å². The van der Waals surface area contributed by atoms with E-state index in [4.69, 9.17) is 4.74 Å². The summed E-state index contributed by atoms with van der Waals surface area (Å²) >= 11 is 0. The highest BCUT2D eigenvalue weighted by Crippen LogP contribution is 2.35. The van der Waals surface area contributed by atoms with Crippen LogP contribution >= 0.6 is 12.4 Å². The quantitative estimate of drug-likeness (QED) is 0.243. The number of hydrogen-bond acceptors (Lipinski definition) is 7. The number of nitrogens with one attached hydrogen (secondary N) is 4. The normalized spacial score (nSPS) is 13.7. The Morgan fingerprint density at radius 2 is 1.51 bits per heavy atom. The molecule has 1 aliphatic heterocycles. The first-order chi connectivity index (χ1) is 20.0. The van der Waals surface area contributed by atoms with Crippen molar-refractivity contribution in [2.24, 2.45) is 5.92 Å². The molecule has 15 heteroatoms. The lowest BCUT2D eigenvalue weighted by atomic mass is 9.98. The Labute approximate surface area is 252 Å². The summed E-state index contributed by atoms with van der Waals surface area (Å²) in [6, 6.07) is 16.1. The summed E-state index contributed by atoms with van der Waals surface area (Å²) in [6.45, 7) is 1.97. The molecule has 0 bridgehead atoms. The minimum Gasteiger partial charge on any atom is -0.453 e. The molecule has 0 aromatic heterocycles. The van der Waals surface area contributed by atoms with Gasteiger partial charge in [-0.2, -0.15) is 0 Å². The van der Waals surface area contributed by atoms with Gasteiger partial charge in [-0.15, -0.1) is 25.6 Å². The lowest BCUT2D eigenvalue weighted by Gasteiger charge is -2.22. The van der Waals surface area contributed by atoms with E-state index in [-0.39, 0.29) is 52.5 Å². The molecule has 0 atom stereocenters. The third-order valence-corrected chi connectivity index (χ3v) is 7.73. The molecule has 232 valence electrons. The lowest BCUT2D eigenvalue weighted by Crippen LogP contribution is -2.41. The van der Waals surface area contributed by atoms with Gasteiger partial charge in [-0.05, 0) is 80.4 Å². The van der Waals surface area contributed by atoms with Crippen molar-refractivity contribution in [2.75, 3.05) is 30.9 Å². The van der Waals surface area contributed by atoms with Crippen LogP contribution in [-0.4, -0.2) is 52.8 Å². The number of ether oxygens (including phenoxy) is 2. The largest absolute Gasteiger partial charge is 0.573 e. The van der Waals surface area contributed by atoms with Crippen molar-refractivity contribution >= 4 is 39.9 Å². The summed E-state index contributed by atoms with van der Waals surface area (Å²) in [5, 5.41) is 8.50. The highest BCUT2D eigenvalue weighted by atomic mass is 35.5.